The van der Waals surface area contributed by atoms with Gasteiger partial charge in [0.15, 0.2) is 5.17 Å². The van der Waals surface area contributed by atoms with Gasteiger partial charge in [0, 0.05) is 0 Å². The van der Waals surface area contributed by atoms with E-state index in [0.29, 0.717) is 11.0 Å². The summed E-state index contributed by atoms with van der Waals surface area (Å²) in [5.74, 6) is -5.82. The van der Waals surface area contributed by atoms with Gasteiger partial charge in [-0.05, 0) is 10.8 Å². The Morgan fingerprint density at radius 3 is 1.68 bits per heavy atom. The molecule has 1 aliphatic heterocycles. The van der Waals surface area contributed by atoms with E-state index in [1.807, 2.05) is 0 Å². The van der Waals surface area contributed by atoms with Crippen LogP contribution in [-0.2, 0) is 9.59 Å². The number of hydrogen-bond donors (Lipinski definition) is 0. The molecule has 0 aliphatic carbocycles. The largest absolute Gasteiger partial charge is 0.455 e. The number of halogens is 7. The Morgan fingerprint density at radius 2 is 1.42 bits per heavy atom. The van der Waals surface area contributed by atoms with E-state index in [-0.39, 0.29) is 10.8 Å². The fourth-order valence-electron chi connectivity index (χ4n) is 0.902. The minimum absolute atomic E-state index is 0.266. The highest BCUT2D eigenvalue weighted by atomic mass is 35.5. The molecule has 0 amide bonds. The third-order valence-corrected chi connectivity index (χ3v) is 3.95. The van der Waals surface area contributed by atoms with Crippen molar-refractivity contribution in [2.75, 3.05) is 0 Å². The first-order chi connectivity index (χ1) is 8.46. The standard InChI is InChI=1S/C7ClF6NO2S2/c8-5-2(18-19-15-5)1(3(16)6(9,10)11)4(17)7(12,13)14. The van der Waals surface area contributed by atoms with Crippen LogP contribution in [0.2, 0.25) is 0 Å². The predicted octanol–water partition coefficient (Wildman–Crippen LogP) is 3.45. The van der Waals surface area contributed by atoms with Crippen molar-refractivity contribution in [2.45, 2.75) is 12.4 Å². The highest BCUT2D eigenvalue weighted by molar-refractivity contribution is 8.78. The lowest BCUT2D eigenvalue weighted by molar-refractivity contribution is -0.175. The number of allylic oxidation sites excluding steroid dienone is 2. The Labute approximate surface area is 114 Å². The predicted molar refractivity (Wildman–Crippen MR) is 57.6 cm³/mol. The number of carbonyl (C=O) groups excluding carboxylic acids is 2. The van der Waals surface area contributed by atoms with E-state index in [1.165, 1.54) is 0 Å². The molecule has 0 unspecified atom stereocenters. The number of alkyl halides is 6. The zero-order chi connectivity index (χ0) is 15.0. The van der Waals surface area contributed by atoms with Crippen LogP contribution in [0.25, 0.3) is 0 Å². The van der Waals surface area contributed by atoms with Gasteiger partial charge in [0.2, 0.25) is 0 Å². The van der Waals surface area contributed by atoms with Crippen molar-refractivity contribution in [3.8, 4) is 0 Å². The molecule has 1 rings (SSSR count). The molecule has 0 saturated heterocycles. The van der Waals surface area contributed by atoms with Gasteiger partial charge in [-0.25, -0.2) is 0 Å². The quantitative estimate of drug-likeness (QED) is 0.192. The van der Waals surface area contributed by atoms with Gasteiger partial charge < -0.3 is 0 Å². The van der Waals surface area contributed by atoms with Crippen LogP contribution in [0.5, 0.6) is 0 Å². The third kappa shape index (κ3) is 3.66. The fourth-order valence-corrected chi connectivity index (χ4v) is 3.23. The van der Waals surface area contributed by atoms with Crippen LogP contribution >= 0.6 is 33.4 Å². The Bertz CT molecular complexity index is 467. The fraction of sp³-hybridized carbons (Fsp3) is 0.286. The number of nitrogens with zero attached hydrogens (tertiary/aromatic N) is 1. The van der Waals surface area contributed by atoms with Crippen LogP contribution in [0.1, 0.15) is 0 Å². The molecule has 1 aliphatic rings. The summed E-state index contributed by atoms with van der Waals surface area (Å²) < 4.78 is 76.6. The van der Waals surface area contributed by atoms with E-state index >= 15 is 0 Å². The van der Waals surface area contributed by atoms with Gasteiger partial charge in [0.1, 0.15) is 0 Å². The van der Waals surface area contributed by atoms with Gasteiger partial charge >= 0.3 is 12.4 Å². The monoisotopic (exact) mass is 343 g/mol. The van der Waals surface area contributed by atoms with Gasteiger partial charge in [0.05, 0.1) is 21.5 Å². The topological polar surface area (TPSA) is 46.5 Å². The number of Topliss-reactive ketones (excluding diaryl/α,β-unsaturated/α-hetero) is 2. The van der Waals surface area contributed by atoms with Crippen LogP contribution in [0, 0.1) is 0 Å². The van der Waals surface area contributed by atoms with Crippen molar-refractivity contribution < 1.29 is 35.9 Å². The Kier molecular flexibility index (Phi) is 4.62. The van der Waals surface area contributed by atoms with Crippen LogP contribution in [0.4, 0.5) is 26.3 Å². The van der Waals surface area contributed by atoms with Gasteiger partial charge in [-0.1, -0.05) is 11.6 Å². The van der Waals surface area contributed by atoms with Crippen molar-refractivity contribution in [1.29, 1.82) is 0 Å². The second-order valence-electron chi connectivity index (χ2n) is 2.90. The SMILES string of the molecule is O=C(C(C(=O)C(F)(F)F)=C1SSN=C1Cl)C(F)(F)F. The van der Waals surface area contributed by atoms with E-state index in [0.717, 1.165) is 0 Å². The lowest BCUT2D eigenvalue weighted by Crippen LogP contribution is -2.35. The van der Waals surface area contributed by atoms with Gasteiger partial charge in [-0.3, -0.25) is 9.59 Å². The molecule has 106 valence electrons. The first-order valence-corrected chi connectivity index (χ1v) is 6.49. The van der Waals surface area contributed by atoms with Crippen molar-refractivity contribution >= 4 is 50.1 Å². The average molecular weight is 344 g/mol. The molecule has 0 atom stereocenters. The maximum Gasteiger partial charge on any atom is 0.455 e. The molecule has 19 heavy (non-hydrogen) atoms. The van der Waals surface area contributed by atoms with Crippen LogP contribution < -0.4 is 0 Å². The number of hydrogen-bond acceptors (Lipinski definition) is 5. The summed E-state index contributed by atoms with van der Waals surface area (Å²) in [5.41, 5.74) is -2.07. The van der Waals surface area contributed by atoms with Crippen LogP contribution in [0.3, 0.4) is 0 Å². The zero-order valence-corrected chi connectivity index (χ0v) is 10.6. The zero-order valence-electron chi connectivity index (χ0n) is 8.23. The highest BCUT2D eigenvalue weighted by Gasteiger charge is 2.52. The Balaban J connectivity index is 3.42. The molecule has 0 spiro atoms. The summed E-state index contributed by atoms with van der Waals surface area (Å²) in [6.45, 7) is 0. The molecule has 12 heteroatoms. The van der Waals surface area contributed by atoms with Gasteiger partial charge in [-0.15, -0.1) is 0 Å². The number of carbonyl (C=O) groups is 2. The summed E-state index contributed by atoms with van der Waals surface area (Å²) >= 11 is 5.27. The summed E-state index contributed by atoms with van der Waals surface area (Å²) in [4.78, 5) is 20.9. The second-order valence-corrected chi connectivity index (χ2v) is 5.11. The number of rotatable bonds is 2. The molecule has 0 aromatic carbocycles. The lowest BCUT2D eigenvalue weighted by atomic mass is 10.1. The van der Waals surface area contributed by atoms with Crippen LogP contribution in [-0.4, -0.2) is 29.1 Å². The maximum absolute atomic E-state index is 12.2. The molecular formula is C7ClF6NO2S2. The van der Waals surface area contributed by atoms with E-state index in [4.69, 9.17) is 11.6 Å². The minimum atomic E-state index is -5.63. The first kappa shape index (κ1) is 16.4. The summed E-state index contributed by atoms with van der Waals surface area (Å²) in [6.07, 6.45) is -11.3. The lowest BCUT2D eigenvalue weighted by Gasteiger charge is -2.12. The van der Waals surface area contributed by atoms with Crippen LogP contribution in [0.15, 0.2) is 14.9 Å². The Hall–Kier alpha value is -0.680. The molecule has 0 aromatic heterocycles. The third-order valence-electron chi connectivity index (χ3n) is 1.62. The summed E-state index contributed by atoms with van der Waals surface area (Å²) in [7, 11) is 0.717. The van der Waals surface area contributed by atoms with Crippen molar-refractivity contribution in [1.82, 2.24) is 0 Å². The van der Waals surface area contributed by atoms with Crippen molar-refractivity contribution in [2.24, 2.45) is 4.40 Å². The first-order valence-electron chi connectivity index (χ1n) is 4.01. The van der Waals surface area contributed by atoms with Crippen molar-refractivity contribution in [3.63, 3.8) is 0 Å². The van der Waals surface area contributed by atoms with Gasteiger partial charge in [-0.2, -0.15) is 30.7 Å². The molecule has 0 fully saturated rings. The number of ketones is 2. The van der Waals surface area contributed by atoms with E-state index < -0.39 is 39.6 Å². The molecule has 0 bridgehead atoms. The Morgan fingerprint density at radius 1 is 1.00 bits per heavy atom. The van der Waals surface area contributed by atoms with Crippen molar-refractivity contribution in [3.05, 3.63) is 10.5 Å². The van der Waals surface area contributed by atoms with E-state index in [2.05, 4.69) is 4.40 Å². The summed E-state index contributed by atoms with van der Waals surface area (Å²) in [5, 5.41) is -0.764. The average Bonchev–Trinajstić information content (AvgIpc) is 2.62. The minimum Gasteiger partial charge on any atom is -0.284 e. The molecule has 0 saturated carbocycles. The summed E-state index contributed by atoms with van der Waals surface area (Å²) in [6, 6.07) is 0. The molecule has 1 heterocycles. The molecular weight excluding hydrogens is 344 g/mol. The molecule has 3 nitrogen and oxygen atoms in total. The molecule has 0 N–H and O–H groups in total. The van der Waals surface area contributed by atoms with E-state index in [1.54, 1.807) is 0 Å². The van der Waals surface area contributed by atoms with E-state index in [9.17, 15) is 35.9 Å². The normalized spacial score (nSPS) is 16.4. The highest BCUT2D eigenvalue weighted by Crippen LogP contribution is 2.44. The molecule has 0 aromatic rings. The van der Waals surface area contributed by atoms with Gasteiger partial charge in [0.25, 0.3) is 11.6 Å². The second kappa shape index (κ2) is 5.37. The smallest absolute Gasteiger partial charge is 0.284 e. The maximum atomic E-state index is 12.2. The molecule has 0 radical (unpaired) electrons.